The molecule has 0 unspecified atom stereocenters. The first-order valence-electron chi connectivity index (χ1n) is 7.72. The van der Waals surface area contributed by atoms with Gasteiger partial charge in [-0.1, -0.05) is 12.1 Å². The summed E-state index contributed by atoms with van der Waals surface area (Å²) in [5.41, 5.74) is -0.00202. The molecule has 11 heteroatoms. The van der Waals surface area contributed by atoms with Crippen molar-refractivity contribution in [2.75, 3.05) is 12.4 Å². The highest BCUT2D eigenvalue weighted by Gasteiger charge is 2.30. The molecule has 0 aliphatic carbocycles. The molecule has 0 bridgehead atoms. The molecule has 2 aromatic heterocycles. The van der Waals surface area contributed by atoms with E-state index < -0.39 is 23.6 Å². The number of aromatic nitrogens is 2. The maximum absolute atomic E-state index is 12.8. The molecule has 0 saturated carbocycles. The molecule has 0 fully saturated rings. The predicted molar refractivity (Wildman–Crippen MR) is 98.3 cm³/mol. The number of carbonyl (C=O) groups excluding carboxylic acids is 2. The summed E-state index contributed by atoms with van der Waals surface area (Å²) in [5, 5.41) is 6.18. The van der Waals surface area contributed by atoms with Gasteiger partial charge in [-0.05, 0) is 12.1 Å². The second kappa shape index (κ2) is 8.07. The molecule has 2 heterocycles. The van der Waals surface area contributed by atoms with Crippen LogP contribution in [0.1, 0.15) is 21.7 Å². The predicted octanol–water partition coefficient (Wildman–Crippen LogP) is 4.25. The molecule has 0 atom stereocenters. The number of alkyl halides is 3. The van der Waals surface area contributed by atoms with E-state index >= 15 is 0 Å². The van der Waals surface area contributed by atoms with Gasteiger partial charge in [0.1, 0.15) is 10.7 Å². The number of esters is 1. The lowest BCUT2D eigenvalue weighted by molar-refractivity contribution is -0.140. The van der Waals surface area contributed by atoms with Gasteiger partial charge in [-0.25, -0.2) is 9.97 Å². The fourth-order valence-electron chi connectivity index (χ4n) is 2.17. The van der Waals surface area contributed by atoms with Gasteiger partial charge in [0.15, 0.2) is 5.13 Å². The lowest BCUT2D eigenvalue weighted by Crippen LogP contribution is -2.12. The van der Waals surface area contributed by atoms with Crippen LogP contribution in [0.15, 0.2) is 35.0 Å². The van der Waals surface area contributed by atoms with Crippen LogP contribution in [-0.2, 0) is 22.1 Å². The summed E-state index contributed by atoms with van der Waals surface area (Å²) in [6.45, 7) is 0. The van der Waals surface area contributed by atoms with Gasteiger partial charge in [-0.2, -0.15) is 13.2 Å². The molecule has 1 amide bonds. The van der Waals surface area contributed by atoms with Gasteiger partial charge in [0.05, 0.1) is 24.8 Å². The van der Waals surface area contributed by atoms with Crippen molar-refractivity contribution in [1.29, 1.82) is 0 Å². The van der Waals surface area contributed by atoms with Gasteiger partial charge in [0.25, 0.3) is 5.91 Å². The Morgan fingerprint density at radius 3 is 2.68 bits per heavy atom. The van der Waals surface area contributed by atoms with E-state index in [4.69, 9.17) is 0 Å². The number of methoxy groups -OCH3 is 1. The first-order valence-corrected chi connectivity index (χ1v) is 9.48. The minimum absolute atomic E-state index is 0.0146. The molecular weight excluding hydrogens is 415 g/mol. The summed E-state index contributed by atoms with van der Waals surface area (Å²) < 4.78 is 43.1. The summed E-state index contributed by atoms with van der Waals surface area (Å²) in [6, 6.07) is 4.74. The third-order valence-corrected chi connectivity index (χ3v) is 5.20. The Labute approximate surface area is 165 Å². The monoisotopic (exact) mass is 427 g/mol. The fourth-order valence-corrected chi connectivity index (χ4v) is 3.67. The molecule has 0 radical (unpaired) electrons. The molecule has 28 heavy (non-hydrogen) atoms. The van der Waals surface area contributed by atoms with Crippen LogP contribution in [0.25, 0.3) is 10.6 Å². The average molecular weight is 427 g/mol. The standard InChI is InChI=1S/C17H12F3N3O3S2/c1-26-13(24)6-11-7-28-16(21-11)23-14(25)12-8-27-15(22-12)9-3-2-4-10(5-9)17(18,19)20/h2-5,7-8H,6H2,1H3,(H,21,23,25). The molecule has 0 spiro atoms. The van der Waals surface area contributed by atoms with Gasteiger partial charge in [0.2, 0.25) is 0 Å². The van der Waals surface area contributed by atoms with Gasteiger partial charge in [0, 0.05) is 16.3 Å². The minimum atomic E-state index is -4.46. The number of nitrogens with zero attached hydrogens (tertiary/aromatic N) is 2. The normalized spacial score (nSPS) is 11.3. The van der Waals surface area contributed by atoms with E-state index in [2.05, 4.69) is 20.0 Å². The number of rotatable bonds is 5. The summed E-state index contributed by atoms with van der Waals surface area (Å²) in [5.74, 6) is -0.998. The second-order valence-corrected chi connectivity index (χ2v) is 7.18. The Balaban J connectivity index is 1.72. The molecule has 3 aromatic rings. The van der Waals surface area contributed by atoms with Crippen LogP contribution < -0.4 is 5.32 Å². The minimum Gasteiger partial charge on any atom is -0.469 e. The quantitative estimate of drug-likeness (QED) is 0.616. The third kappa shape index (κ3) is 4.73. The van der Waals surface area contributed by atoms with E-state index in [9.17, 15) is 22.8 Å². The Morgan fingerprint density at radius 2 is 1.96 bits per heavy atom. The topological polar surface area (TPSA) is 81.2 Å². The highest BCUT2D eigenvalue weighted by Crippen LogP contribution is 2.33. The van der Waals surface area contributed by atoms with Gasteiger partial charge in [-0.15, -0.1) is 22.7 Å². The number of thiazole rings is 2. The van der Waals surface area contributed by atoms with Crippen molar-refractivity contribution in [3.8, 4) is 10.6 Å². The largest absolute Gasteiger partial charge is 0.469 e. The van der Waals surface area contributed by atoms with E-state index in [1.54, 1.807) is 5.38 Å². The van der Waals surface area contributed by atoms with E-state index in [0.29, 0.717) is 10.7 Å². The zero-order valence-corrected chi connectivity index (χ0v) is 15.9. The van der Waals surface area contributed by atoms with Crippen LogP contribution in [0.2, 0.25) is 0 Å². The fraction of sp³-hybridized carbons (Fsp3) is 0.176. The van der Waals surface area contributed by atoms with Crippen LogP contribution in [0.4, 0.5) is 18.3 Å². The summed E-state index contributed by atoms with van der Waals surface area (Å²) >= 11 is 2.19. The maximum Gasteiger partial charge on any atom is 0.416 e. The number of hydrogen-bond donors (Lipinski definition) is 1. The number of benzene rings is 1. The van der Waals surface area contributed by atoms with E-state index in [-0.39, 0.29) is 22.8 Å². The van der Waals surface area contributed by atoms with Crippen LogP contribution in [0.5, 0.6) is 0 Å². The first kappa shape index (κ1) is 20.0. The first-order chi connectivity index (χ1) is 13.3. The summed E-state index contributed by atoms with van der Waals surface area (Å²) in [4.78, 5) is 31.7. The van der Waals surface area contributed by atoms with Crippen LogP contribution in [-0.4, -0.2) is 29.0 Å². The molecular formula is C17H12F3N3O3S2. The third-order valence-electron chi connectivity index (χ3n) is 3.50. The van der Waals surface area contributed by atoms with Crippen molar-refractivity contribution < 1.29 is 27.5 Å². The lowest BCUT2D eigenvalue weighted by Gasteiger charge is -2.07. The molecule has 146 valence electrons. The smallest absolute Gasteiger partial charge is 0.416 e. The molecule has 0 aliphatic heterocycles. The van der Waals surface area contributed by atoms with Crippen molar-refractivity contribution in [1.82, 2.24) is 9.97 Å². The highest BCUT2D eigenvalue weighted by molar-refractivity contribution is 7.14. The van der Waals surface area contributed by atoms with Crippen molar-refractivity contribution in [2.45, 2.75) is 12.6 Å². The number of carbonyl (C=O) groups is 2. The van der Waals surface area contributed by atoms with Crippen molar-refractivity contribution >= 4 is 39.7 Å². The average Bonchev–Trinajstić information content (AvgIpc) is 3.31. The molecule has 1 aromatic carbocycles. The highest BCUT2D eigenvalue weighted by atomic mass is 32.1. The Hall–Kier alpha value is -2.79. The van der Waals surface area contributed by atoms with Crippen LogP contribution in [0, 0.1) is 0 Å². The van der Waals surface area contributed by atoms with Crippen molar-refractivity contribution in [2.24, 2.45) is 0 Å². The summed E-state index contributed by atoms with van der Waals surface area (Å²) in [7, 11) is 1.27. The molecule has 6 nitrogen and oxygen atoms in total. The molecule has 3 rings (SSSR count). The van der Waals surface area contributed by atoms with E-state index in [0.717, 1.165) is 34.8 Å². The van der Waals surface area contributed by atoms with Crippen LogP contribution in [0.3, 0.4) is 0 Å². The van der Waals surface area contributed by atoms with Gasteiger partial charge < -0.3 is 4.74 Å². The van der Waals surface area contributed by atoms with Crippen molar-refractivity contribution in [3.63, 3.8) is 0 Å². The van der Waals surface area contributed by atoms with E-state index in [1.807, 2.05) is 0 Å². The zero-order valence-electron chi connectivity index (χ0n) is 14.2. The Bertz CT molecular complexity index is 1010. The second-order valence-electron chi connectivity index (χ2n) is 5.47. The van der Waals surface area contributed by atoms with Crippen molar-refractivity contribution in [3.05, 3.63) is 52.0 Å². The number of ether oxygens (including phenoxy) is 1. The van der Waals surface area contributed by atoms with E-state index in [1.165, 1.54) is 24.6 Å². The SMILES string of the molecule is COC(=O)Cc1csc(NC(=O)c2csc(-c3cccc(C(F)(F)F)c3)n2)n1. The van der Waals surface area contributed by atoms with Crippen LogP contribution >= 0.6 is 22.7 Å². The molecule has 0 saturated heterocycles. The van der Waals surface area contributed by atoms with Gasteiger partial charge >= 0.3 is 12.1 Å². The van der Waals surface area contributed by atoms with Gasteiger partial charge in [-0.3, -0.25) is 14.9 Å². The zero-order chi connectivity index (χ0) is 20.3. The number of nitrogens with one attached hydrogen (secondary N) is 1. The maximum atomic E-state index is 12.8. The number of anilines is 1. The Morgan fingerprint density at radius 1 is 1.18 bits per heavy atom. The number of hydrogen-bond acceptors (Lipinski definition) is 7. The molecule has 0 aliphatic rings. The Kier molecular flexibility index (Phi) is 5.75. The number of halogens is 3. The lowest BCUT2D eigenvalue weighted by atomic mass is 10.1. The molecule has 1 N–H and O–H groups in total. The number of amides is 1. The summed E-state index contributed by atoms with van der Waals surface area (Å²) in [6.07, 6.45) is -4.47.